The van der Waals surface area contributed by atoms with E-state index in [1.165, 1.54) is 0 Å². The summed E-state index contributed by atoms with van der Waals surface area (Å²) in [5.74, 6) is 0.188. The third-order valence-electron chi connectivity index (χ3n) is 5.81. The molecule has 1 aromatic rings. The van der Waals surface area contributed by atoms with E-state index < -0.39 is 17.3 Å². The van der Waals surface area contributed by atoms with Gasteiger partial charge in [0.2, 0.25) is 0 Å². The number of nitrogens with zero attached hydrogens (tertiary/aromatic N) is 2. The lowest BCUT2D eigenvalue weighted by atomic mass is 9.68. The van der Waals surface area contributed by atoms with E-state index in [0.717, 1.165) is 18.5 Å². The first kappa shape index (κ1) is 14.0. The van der Waals surface area contributed by atoms with Gasteiger partial charge in [-0.1, -0.05) is 20.8 Å². The minimum absolute atomic E-state index is 0.0430. The fourth-order valence-corrected chi connectivity index (χ4v) is 4.34. The van der Waals surface area contributed by atoms with Crippen molar-refractivity contribution in [1.29, 1.82) is 0 Å². The lowest BCUT2D eigenvalue weighted by Crippen LogP contribution is -2.33. The average Bonchev–Trinajstić information content (AvgIpc) is 2.82. The Morgan fingerprint density at radius 2 is 1.85 bits per heavy atom. The van der Waals surface area contributed by atoms with E-state index in [9.17, 15) is 13.2 Å². The van der Waals surface area contributed by atoms with Crippen LogP contribution in [0.5, 0.6) is 0 Å². The number of fused-ring (bicyclic) bond motifs is 5. The molecule has 1 heterocycles. The summed E-state index contributed by atoms with van der Waals surface area (Å²) < 4.78 is 41.8. The number of hydrogen-bond donors (Lipinski definition) is 0. The third-order valence-corrected chi connectivity index (χ3v) is 5.81. The fraction of sp³-hybridized carbons (Fsp3) is 0.800. The minimum atomic E-state index is -4.37. The van der Waals surface area contributed by atoms with Gasteiger partial charge in [0.25, 0.3) is 0 Å². The monoisotopic (exact) mass is 286 g/mol. The van der Waals surface area contributed by atoms with Crippen molar-refractivity contribution in [3.8, 4) is 0 Å². The molecule has 3 rings (SSSR count). The lowest BCUT2D eigenvalue weighted by molar-refractivity contribution is -0.143. The van der Waals surface area contributed by atoms with Gasteiger partial charge >= 0.3 is 6.18 Å². The molecule has 5 heteroatoms. The van der Waals surface area contributed by atoms with Gasteiger partial charge in [-0.15, -0.1) is 0 Å². The Kier molecular flexibility index (Phi) is 2.51. The molecule has 2 aliphatic rings. The van der Waals surface area contributed by atoms with Crippen molar-refractivity contribution in [2.24, 2.45) is 5.41 Å². The first-order valence-corrected chi connectivity index (χ1v) is 7.22. The van der Waals surface area contributed by atoms with Crippen molar-refractivity contribution in [2.75, 3.05) is 0 Å². The molecule has 0 N–H and O–H groups in total. The van der Waals surface area contributed by atoms with E-state index in [-0.39, 0.29) is 17.4 Å². The second kappa shape index (κ2) is 3.60. The Morgan fingerprint density at radius 1 is 1.25 bits per heavy atom. The van der Waals surface area contributed by atoms with Crippen LogP contribution in [-0.4, -0.2) is 9.78 Å². The first-order chi connectivity index (χ1) is 9.02. The van der Waals surface area contributed by atoms with Crippen LogP contribution in [0.1, 0.15) is 76.4 Å². The maximum atomic E-state index is 13.4. The molecule has 2 atom stereocenters. The van der Waals surface area contributed by atoms with Gasteiger partial charge in [0.05, 0.1) is 0 Å². The van der Waals surface area contributed by atoms with Crippen molar-refractivity contribution >= 4 is 0 Å². The molecule has 2 aliphatic carbocycles. The summed E-state index contributed by atoms with van der Waals surface area (Å²) in [5.41, 5.74) is 0.118. The molecular formula is C15H21F3N2. The number of rotatable bonds is 1. The Morgan fingerprint density at radius 3 is 2.35 bits per heavy atom. The van der Waals surface area contributed by atoms with Crippen LogP contribution in [0, 0.1) is 5.41 Å². The van der Waals surface area contributed by atoms with Crippen LogP contribution in [0.3, 0.4) is 0 Å². The predicted molar refractivity (Wildman–Crippen MR) is 70.7 cm³/mol. The molecular weight excluding hydrogens is 265 g/mol. The zero-order valence-electron chi connectivity index (χ0n) is 12.6. The van der Waals surface area contributed by atoms with Crippen LogP contribution in [0.15, 0.2) is 0 Å². The third kappa shape index (κ3) is 1.39. The van der Waals surface area contributed by atoms with Crippen molar-refractivity contribution < 1.29 is 13.2 Å². The SMILES string of the molecule is CC(C)n1nc(C(F)(F)F)c2c1C1CCC2(C)C1(C)C. The van der Waals surface area contributed by atoms with Gasteiger partial charge in [-0.2, -0.15) is 18.3 Å². The van der Waals surface area contributed by atoms with Gasteiger partial charge < -0.3 is 0 Å². The maximum Gasteiger partial charge on any atom is 0.435 e. The molecule has 1 saturated carbocycles. The van der Waals surface area contributed by atoms with E-state index in [1.54, 1.807) is 4.68 Å². The van der Waals surface area contributed by atoms with E-state index in [0.29, 0.717) is 5.56 Å². The summed E-state index contributed by atoms with van der Waals surface area (Å²) in [4.78, 5) is 0. The summed E-state index contributed by atoms with van der Waals surface area (Å²) in [7, 11) is 0. The summed E-state index contributed by atoms with van der Waals surface area (Å²) >= 11 is 0. The molecule has 0 aliphatic heterocycles. The molecule has 2 bridgehead atoms. The molecule has 2 nitrogen and oxygen atoms in total. The molecule has 0 aromatic carbocycles. The lowest BCUT2D eigenvalue weighted by Gasteiger charge is -2.35. The van der Waals surface area contributed by atoms with Crippen molar-refractivity contribution in [3.05, 3.63) is 17.0 Å². The van der Waals surface area contributed by atoms with Crippen molar-refractivity contribution in [1.82, 2.24) is 9.78 Å². The highest BCUT2D eigenvalue weighted by Gasteiger charge is 2.64. The Hall–Kier alpha value is -1.00. The second-order valence-corrected chi connectivity index (χ2v) is 7.29. The van der Waals surface area contributed by atoms with Crippen LogP contribution in [-0.2, 0) is 11.6 Å². The zero-order valence-corrected chi connectivity index (χ0v) is 12.6. The predicted octanol–water partition coefficient (Wildman–Crippen LogP) is 4.66. The van der Waals surface area contributed by atoms with Crippen LogP contribution in [0.25, 0.3) is 0 Å². The highest BCUT2D eigenvalue weighted by molar-refractivity contribution is 5.49. The van der Waals surface area contributed by atoms with Crippen LogP contribution >= 0.6 is 0 Å². The second-order valence-electron chi connectivity index (χ2n) is 7.29. The van der Waals surface area contributed by atoms with Crippen molar-refractivity contribution in [3.63, 3.8) is 0 Å². The van der Waals surface area contributed by atoms with Gasteiger partial charge in [-0.3, -0.25) is 4.68 Å². The van der Waals surface area contributed by atoms with Gasteiger partial charge in [0.1, 0.15) is 0 Å². The number of aromatic nitrogens is 2. The Labute approximate surface area is 117 Å². The van der Waals surface area contributed by atoms with Gasteiger partial charge in [0, 0.05) is 28.6 Å². The largest absolute Gasteiger partial charge is 0.435 e. The first-order valence-electron chi connectivity index (χ1n) is 7.22. The number of hydrogen-bond acceptors (Lipinski definition) is 1. The summed E-state index contributed by atoms with van der Waals surface area (Å²) in [5, 5.41) is 3.95. The zero-order chi connectivity index (χ0) is 15.1. The minimum Gasteiger partial charge on any atom is -0.266 e. The summed E-state index contributed by atoms with van der Waals surface area (Å²) in [6, 6.07) is -0.0430. The van der Waals surface area contributed by atoms with E-state index in [4.69, 9.17) is 0 Å². The normalized spacial score (nSPS) is 31.1. The molecule has 1 aromatic heterocycles. The maximum absolute atomic E-state index is 13.4. The fourth-order valence-electron chi connectivity index (χ4n) is 4.34. The molecule has 0 saturated heterocycles. The highest BCUT2D eigenvalue weighted by atomic mass is 19.4. The number of alkyl halides is 3. The van der Waals surface area contributed by atoms with Gasteiger partial charge in [-0.25, -0.2) is 0 Å². The van der Waals surface area contributed by atoms with Crippen molar-refractivity contribution in [2.45, 2.75) is 71.0 Å². The van der Waals surface area contributed by atoms with E-state index in [2.05, 4.69) is 18.9 Å². The molecule has 1 fully saturated rings. The molecule has 0 radical (unpaired) electrons. The smallest absolute Gasteiger partial charge is 0.266 e. The summed E-state index contributed by atoms with van der Waals surface area (Å²) in [6.07, 6.45) is -2.58. The topological polar surface area (TPSA) is 17.8 Å². The van der Waals surface area contributed by atoms with Crippen LogP contribution < -0.4 is 0 Å². The van der Waals surface area contributed by atoms with Gasteiger partial charge in [-0.05, 0) is 32.1 Å². The summed E-state index contributed by atoms with van der Waals surface area (Å²) in [6.45, 7) is 9.99. The van der Waals surface area contributed by atoms with E-state index >= 15 is 0 Å². The van der Waals surface area contributed by atoms with Crippen LogP contribution in [0.4, 0.5) is 13.2 Å². The standard InChI is InChI=1S/C15H21F3N2/c1-8(2)20-11-9-6-7-14(5,13(9,3)4)10(11)12(19-20)15(16,17)18/h8-9H,6-7H2,1-5H3. The van der Waals surface area contributed by atoms with Crippen LogP contribution in [0.2, 0.25) is 0 Å². The highest BCUT2D eigenvalue weighted by Crippen LogP contribution is 2.69. The number of halogens is 3. The molecule has 20 heavy (non-hydrogen) atoms. The molecule has 0 spiro atoms. The van der Waals surface area contributed by atoms with E-state index in [1.807, 2.05) is 20.8 Å². The Balaban J connectivity index is 2.33. The quantitative estimate of drug-likeness (QED) is 0.734. The Bertz CT molecular complexity index is 568. The average molecular weight is 286 g/mol. The van der Waals surface area contributed by atoms with Gasteiger partial charge in [0.15, 0.2) is 5.69 Å². The molecule has 112 valence electrons. The molecule has 0 amide bonds. The molecule has 2 unspecified atom stereocenters.